The number of nitrogens with zero attached hydrogens (tertiary/aromatic N) is 1. The molecule has 1 aliphatic rings. The quantitative estimate of drug-likeness (QED) is 0.861. The van der Waals surface area contributed by atoms with Gasteiger partial charge in [-0.15, -0.1) is 0 Å². The molecule has 0 aliphatic carbocycles. The third-order valence-corrected chi connectivity index (χ3v) is 4.24. The van der Waals surface area contributed by atoms with Crippen molar-refractivity contribution in [3.05, 3.63) is 28.7 Å². The third-order valence-electron chi connectivity index (χ3n) is 3.74. The Kier molecular flexibility index (Phi) is 3.94. The van der Waals surface area contributed by atoms with Crippen LogP contribution in [0.3, 0.4) is 0 Å². The van der Waals surface area contributed by atoms with Gasteiger partial charge >= 0.3 is 6.03 Å². The molecule has 106 valence electrons. The minimum atomic E-state index is -1.17. The number of hydrogen-bond donors (Lipinski definition) is 1. The standard InChI is InChI=1S/C14H15BrN2O3/c1-3-14(4-2)11(18)16-13(20)17(12(14)19)10-7-5-6-9(15)8-10/h5-8H,3-4H2,1-2H3,(H,16,18,20). The maximum absolute atomic E-state index is 12.7. The van der Waals surface area contributed by atoms with Crippen molar-refractivity contribution in [3.63, 3.8) is 0 Å². The molecule has 1 heterocycles. The summed E-state index contributed by atoms with van der Waals surface area (Å²) in [7, 11) is 0. The molecule has 0 atom stereocenters. The second kappa shape index (κ2) is 5.36. The Balaban J connectivity index is 2.50. The van der Waals surface area contributed by atoms with Crippen LogP contribution in [0.2, 0.25) is 0 Å². The molecule has 6 heteroatoms. The zero-order valence-corrected chi connectivity index (χ0v) is 12.9. The van der Waals surface area contributed by atoms with Gasteiger partial charge in [0.25, 0.3) is 5.91 Å². The van der Waals surface area contributed by atoms with E-state index < -0.39 is 23.3 Å². The molecule has 0 unspecified atom stereocenters. The van der Waals surface area contributed by atoms with E-state index in [1.165, 1.54) is 0 Å². The normalized spacial score (nSPS) is 18.1. The van der Waals surface area contributed by atoms with E-state index in [2.05, 4.69) is 21.2 Å². The first kappa shape index (κ1) is 14.7. The van der Waals surface area contributed by atoms with Gasteiger partial charge in [-0.1, -0.05) is 35.8 Å². The van der Waals surface area contributed by atoms with E-state index in [1.54, 1.807) is 38.1 Å². The first-order valence-corrected chi connectivity index (χ1v) is 7.21. The molecule has 4 amide bonds. The molecule has 5 nitrogen and oxygen atoms in total. The summed E-state index contributed by atoms with van der Waals surface area (Å²) in [6.45, 7) is 3.55. The molecule has 0 radical (unpaired) electrons. The van der Waals surface area contributed by atoms with Crippen molar-refractivity contribution >= 4 is 39.5 Å². The van der Waals surface area contributed by atoms with Crippen LogP contribution >= 0.6 is 15.9 Å². The van der Waals surface area contributed by atoms with Crippen molar-refractivity contribution in [1.29, 1.82) is 0 Å². The van der Waals surface area contributed by atoms with E-state index >= 15 is 0 Å². The Morgan fingerprint density at radius 3 is 2.40 bits per heavy atom. The average molecular weight is 339 g/mol. The molecular formula is C14H15BrN2O3. The van der Waals surface area contributed by atoms with Gasteiger partial charge in [0.15, 0.2) is 0 Å². The van der Waals surface area contributed by atoms with Gasteiger partial charge in [-0.05, 0) is 31.0 Å². The Hall–Kier alpha value is -1.69. The molecule has 20 heavy (non-hydrogen) atoms. The largest absolute Gasteiger partial charge is 0.335 e. The number of halogens is 1. The number of carbonyl (C=O) groups excluding carboxylic acids is 3. The van der Waals surface area contributed by atoms with E-state index in [4.69, 9.17) is 0 Å². The molecule has 0 bridgehead atoms. The lowest BCUT2D eigenvalue weighted by atomic mass is 9.78. The summed E-state index contributed by atoms with van der Waals surface area (Å²) in [4.78, 5) is 37.8. The van der Waals surface area contributed by atoms with Crippen molar-refractivity contribution in [1.82, 2.24) is 5.32 Å². The minimum Gasteiger partial charge on any atom is -0.276 e. The summed E-state index contributed by atoms with van der Waals surface area (Å²) >= 11 is 3.31. The SMILES string of the molecule is CCC1(CC)C(=O)NC(=O)N(c2cccc(Br)c2)C1=O. The average Bonchev–Trinajstić information content (AvgIpc) is 2.40. The van der Waals surface area contributed by atoms with E-state index in [1.807, 2.05) is 0 Å². The van der Waals surface area contributed by atoms with Gasteiger partial charge in [0, 0.05) is 4.47 Å². The first-order chi connectivity index (χ1) is 9.46. The molecule has 0 saturated carbocycles. The van der Waals surface area contributed by atoms with Gasteiger partial charge in [-0.3, -0.25) is 14.9 Å². The van der Waals surface area contributed by atoms with E-state index in [0.29, 0.717) is 18.5 Å². The van der Waals surface area contributed by atoms with Crippen LogP contribution < -0.4 is 10.2 Å². The molecule has 1 aromatic carbocycles. The van der Waals surface area contributed by atoms with Gasteiger partial charge in [0.2, 0.25) is 5.91 Å². The fourth-order valence-corrected chi connectivity index (χ4v) is 2.79. The second-order valence-corrected chi connectivity index (χ2v) is 5.58. The minimum absolute atomic E-state index is 0.353. The number of carbonyl (C=O) groups is 3. The molecule has 2 rings (SSSR count). The summed E-state index contributed by atoms with van der Waals surface area (Å²) < 4.78 is 0.756. The third kappa shape index (κ3) is 2.14. The maximum Gasteiger partial charge on any atom is 0.335 e. The summed E-state index contributed by atoms with van der Waals surface area (Å²) in [5.74, 6) is -0.974. The number of anilines is 1. The molecule has 1 N–H and O–H groups in total. The second-order valence-electron chi connectivity index (χ2n) is 4.67. The Morgan fingerprint density at radius 2 is 1.85 bits per heavy atom. The fourth-order valence-electron chi connectivity index (χ4n) is 2.40. The lowest BCUT2D eigenvalue weighted by Gasteiger charge is -2.38. The van der Waals surface area contributed by atoms with E-state index in [9.17, 15) is 14.4 Å². The van der Waals surface area contributed by atoms with Crippen molar-refractivity contribution < 1.29 is 14.4 Å². The maximum atomic E-state index is 12.7. The van der Waals surface area contributed by atoms with Crippen LogP contribution in [0, 0.1) is 5.41 Å². The highest BCUT2D eigenvalue weighted by Gasteiger charge is 2.51. The monoisotopic (exact) mass is 338 g/mol. The summed E-state index contributed by atoms with van der Waals surface area (Å²) in [5, 5.41) is 2.28. The number of barbiturate groups is 1. The highest BCUT2D eigenvalue weighted by Crippen LogP contribution is 2.35. The van der Waals surface area contributed by atoms with Gasteiger partial charge in [0.1, 0.15) is 5.41 Å². The van der Waals surface area contributed by atoms with Gasteiger partial charge in [0.05, 0.1) is 5.69 Å². The van der Waals surface area contributed by atoms with Gasteiger partial charge in [-0.25, -0.2) is 9.69 Å². The number of benzene rings is 1. The van der Waals surface area contributed by atoms with Crippen molar-refractivity contribution in [2.75, 3.05) is 4.90 Å². The van der Waals surface area contributed by atoms with Crippen LogP contribution in [0.5, 0.6) is 0 Å². The van der Waals surface area contributed by atoms with Gasteiger partial charge < -0.3 is 0 Å². The Bertz CT molecular complexity index is 582. The molecule has 1 fully saturated rings. The molecule has 0 spiro atoms. The van der Waals surface area contributed by atoms with E-state index in [0.717, 1.165) is 9.37 Å². The smallest absolute Gasteiger partial charge is 0.276 e. The summed E-state index contributed by atoms with van der Waals surface area (Å²) in [5.41, 5.74) is -0.725. The lowest BCUT2D eigenvalue weighted by molar-refractivity contribution is -0.143. The summed E-state index contributed by atoms with van der Waals surface area (Å²) in [6.07, 6.45) is 0.706. The molecular weight excluding hydrogens is 324 g/mol. The number of imide groups is 2. The topological polar surface area (TPSA) is 66.5 Å². The van der Waals surface area contributed by atoms with Crippen molar-refractivity contribution in [2.24, 2.45) is 5.41 Å². The number of rotatable bonds is 3. The van der Waals surface area contributed by atoms with Crippen LogP contribution in [0.4, 0.5) is 10.5 Å². The van der Waals surface area contributed by atoms with Gasteiger partial charge in [-0.2, -0.15) is 0 Å². The highest BCUT2D eigenvalue weighted by molar-refractivity contribution is 9.10. The predicted octanol–water partition coefficient (Wildman–Crippen LogP) is 2.84. The first-order valence-electron chi connectivity index (χ1n) is 6.41. The number of amides is 4. The predicted molar refractivity (Wildman–Crippen MR) is 78.2 cm³/mol. The van der Waals surface area contributed by atoms with Crippen molar-refractivity contribution in [2.45, 2.75) is 26.7 Å². The Labute approximate surface area is 125 Å². The molecule has 0 aromatic heterocycles. The number of nitrogens with one attached hydrogen (secondary N) is 1. The fraction of sp³-hybridized carbons (Fsp3) is 0.357. The Morgan fingerprint density at radius 1 is 1.20 bits per heavy atom. The molecule has 1 aliphatic heterocycles. The molecule has 1 saturated heterocycles. The lowest BCUT2D eigenvalue weighted by Crippen LogP contribution is -2.63. The van der Waals surface area contributed by atoms with Crippen LogP contribution in [-0.2, 0) is 9.59 Å². The van der Waals surface area contributed by atoms with Crippen LogP contribution in [0.15, 0.2) is 28.7 Å². The zero-order valence-electron chi connectivity index (χ0n) is 11.3. The van der Waals surface area contributed by atoms with E-state index in [-0.39, 0.29) is 0 Å². The molecule has 1 aromatic rings. The highest BCUT2D eigenvalue weighted by atomic mass is 79.9. The summed E-state index contributed by atoms with van der Waals surface area (Å²) in [6, 6.07) is 6.16. The zero-order chi connectivity index (χ0) is 14.9. The number of hydrogen-bond acceptors (Lipinski definition) is 3. The van der Waals surface area contributed by atoms with Crippen LogP contribution in [0.1, 0.15) is 26.7 Å². The van der Waals surface area contributed by atoms with Crippen LogP contribution in [-0.4, -0.2) is 17.8 Å². The van der Waals surface area contributed by atoms with Crippen molar-refractivity contribution in [3.8, 4) is 0 Å². The number of urea groups is 1. The van der Waals surface area contributed by atoms with Crippen LogP contribution in [0.25, 0.3) is 0 Å².